The van der Waals surface area contributed by atoms with Crippen LogP contribution in [0, 0.1) is 11.8 Å². The van der Waals surface area contributed by atoms with Crippen molar-refractivity contribution in [2.75, 3.05) is 13.1 Å². The molecule has 1 saturated carbocycles. The summed E-state index contributed by atoms with van der Waals surface area (Å²) in [6.07, 6.45) is 3.56. The van der Waals surface area contributed by atoms with Gasteiger partial charge in [-0.05, 0) is 25.7 Å². The maximum absolute atomic E-state index is 11.7. The Kier molecular flexibility index (Phi) is 2.90. The molecular weight excluding hydrogens is 194 g/mol. The molecule has 3 N–H and O–H groups in total. The number of nitrogens with zero attached hydrogens (tertiary/aromatic N) is 1. The minimum Gasteiger partial charge on any atom is -0.342 e. The number of amides is 2. The van der Waals surface area contributed by atoms with Crippen molar-refractivity contribution in [3.05, 3.63) is 0 Å². The Morgan fingerprint density at radius 1 is 1.07 bits per heavy atom. The van der Waals surface area contributed by atoms with E-state index in [1.807, 2.05) is 4.90 Å². The molecule has 5 nitrogen and oxygen atoms in total. The Hall–Kier alpha value is -1.10. The van der Waals surface area contributed by atoms with Crippen molar-refractivity contribution in [1.82, 2.24) is 10.3 Å². The predicted octanol–water partition coefficient (Wildman–Crippen LogP) is -0.375. The van der Waals surface area contributed by atoms with E-state index in [9.17, 15) is 9.59 Å². The fourth-order valence-corrected chi connectivity index (χ4v) is 2.07. The maximum atomic E-state index is 11.7. The zero-order valence-corrected chi connectivity index (χ0v) is 8.74. The first-order valence-electron chi connectivity index (χ1n) is 5.51. The zero-order valence-electron chi connectivity index (χ0n) is 8.74. The highest BCUT2D eigenvalue weighted by atomic mass is 16.2. The van der Waals surface area contributed by atoms with E-state index in [0.717, 1.165) is 25.7 Å². The Balaban J connectivity index is 1.81. The van der Waals surface area contributed by atoms with Gasteiger partial charge in [0.25, 0.3) is 0 Å². The molecule has 2 amide bonds. The summed E-state index contributed by atoms with van der Waals surface area (Å²) < 4.78 is 0. The first-order chi connectivity index (χ1) is 7.22. The van der Waals surface area contributed by atoms with E-state index in [4.69, 9.17) is 5.84 Å². The number of nitrogens with two attached hydrogens (primary N) is 1. The van der Waals surface area contributed by atoms with Crippen molar-refractivity contribution >= 4 is 11.8 Å². The minimum absolute atomic E-state index is 0.0155. The third kappa shape index (κ3) is 2.28. The van der Waals surface area contributed by atoms with Gasteiger partial charge < -0.3 is 4.90 Å². The van der Waals surface area contributed by atoms with Crippen LogP contribution in [0.5, 0.6) is 0 Å². The molecule has 0 spiro atoms. The summed E-state index contributed by atoms with van der Waals surface area (Å²) >= 11 is 0. The summed E-state index contributed by atoms with van der Waals surface area (Å²) in [5.74, 6) is 5.52. The molecule has 5 heteroatoms. The molecule has 1 aliphatic heterocycles. The van der Waals surface area contributed by atoms with Crippen LogP contribution in [-0.4, -0.2) is 29.8 Å². The maximum Gasteiger partial charge on any atom is 0.237 e. The molecule has 0 aromatic heterocycles. The van der Waals surface area contributed by atoms with Crippen molar-refractivity contribution in [3.8, 4) is 0 Å². The summed E-state index contributed by atoms with van der Waals surface area (Å²) in [6, 6.07) is 0. The summed E-state index contributed by atoms with van der Waals surface area (Å²) in [5.41, 5.74) is 2.17. The van der Waals surface area contributed by atoms with Crippen LogP contribution in [-0.2, 0) is 9.59 Å². The van der Waals surface area contributed by atoms with Gasteiger partial charge in [-0.25, -0.2) is 5.84 Å². The molecule has 15 heavy (non-hydrogen) atoms. The van der Waals surface area contributed by atoms with Gasteiger partial charge in [0.2, 0.25) is 11.8 Å². The second-order valence-electron chi connectivity index (χ2n) is 4.38. The van der Waals surface area contributed by atoms with E-state index in [1.54, 1.807) is 0 Å². The molecule has 1 aliphatic carbocycles. The normalized spacial score (nSPS) is 22.6. The summed E-state index contributed by atoms with van der Waals surface area (Å²) in [5, 5.41) is 0. The lowest BCUT2D eigenvalue weighted by molar-refractivity contribution is -0.136. The molecular formula is C10H17N3O2. The van der Waals surface area contributed by atoms with Crippen LogP contribution in [0.15, 0.2) is 0 Å². The van der Waals surface area contributed by atoms with Gasteiger partial charge in [0.05, 0.1) is 0 Å². The van der Waals surface area contributed by atoms with E-state index >= 15 is 0 Å². The Morgan fingerprint density at radius 2 is 1.67 bits per heavy atom. The van der Waals surface area contributed by atoms with Crippen molar-refractivity contribution in [2.45, 2.75) is 25.7 Å². The van der Waals surface area contributed by atoms with Crippen molar-refractivity contribution in [3.63, 3.8) is 0 Å². The molecule has 1 saturated heterocycles. The van der Waals surface area contributed by atoms with Crippen LogP contribution >= 0.6 is 0 Å². The van der Waals surface area contributed by atoms with E-state index in [2.05, 4.69) is 5.43 Å². The number of carbonyl (C=O) groups is 2. The molecule has 2 rings (SSSR count). The zero-order chi connectivity index (χ0) is 10.8. The van der Waals surface area contributed by atoms with Gasteiger partial charge in [0.15, 0.2) is 0 Å². The van der Waals surface area contributed by atoms with Gasteiger partial charge in [-0.15, -0.1) is 0 Å². The largest absolute Gasteiger partial charge is 0.342 e. The lowest BCUT2D eigenvalue weighted by Crippen LogP contribution is -2.45. The fourth-order valence-electron chi connectivity index (χ4n) is 2.07. The topological polar surface area (TPSA) is 75.4 Å². The highest BCUT2D eigenvalue weighted by Crippen LogP contribution is 2.32. The number of piperidine rings is 1. The van der Waals surface area contributed by atoms with Gasteiger partial charge >= 0.3 is 0 Å². The molecule has 0 aromatic rings. The monoisotopic (exact) mass is 211 g/mol. The SMILES string of the molecule is NNC(=O)C1CCN(C(=O)C2CC2)CC1. The van der Waals surface area contributed by atoms with E-state index < -0.39 is 0 Å². The molecule has 0 aromatic carbocycles. The number of hydrazine groups is 1. The summed E-state index contributed by atoms with van der Waals surface area (Å²) in [4.78, 5) is 24.8. The van der Waals surface area contributed by atoms with E-state index in [-0.39, 0.29) is 23.7 Å². The van der Waals surface area contributed by atoms with E-state index in [0.29, 0.717) is 13.1 Å². The van der Waals surface area contributed by atoms with Crippen LogP contribution in [0.4, 0.5) is 0 Å². The van der Waals surface area contributed by atoms with Crippen LogP contribution in [0.3, 0.4) is 0 Å². The third-order valence-electron chi connectivity index (χ3n) is 3.25. The Bertz CT molecular complexity index is 268. The third-order valence-corrected chi connectivity index (χ3v) is 3.25. The molecule has 1 heterocycles. The number of hydrogen-bond donors (Lipinski definition) is 2. The number of likely N-dealkylation sites (tertiary alicyclic amines) is 1. The predicted molar refractivity (Wildman–Crippen MR) is 54.4 cm³/mol. The average molecular weight is 211 g/mol. The molecule has 0 radical (unpaired) electrons. The molecule has 0 bridgehead atoms. The summed E-state index contributed by atoms with van der Waals surface area (Å²) in [7, 11) is 0. The minimum atomic E-state index is -0.103. The average Bonchev–Trinajstić information content (AvgIpc) is 3.11. The van der Waals surface area contributed by atoms with Crippen LogP contribution in [0.25, 0.3) is 0 Å². The highest BCUT2D eigenvalue weighted by Gasteiger charge is 2.35. The second-order valence-corrected chi connectivity index (χ2v) is 4.38. The van der Waals surface area contributed by atoms with Crippen LogP contribution < -0.4 is 11.3 Å². The van der Waals surface area contributed by atoms with Crippen molar-refractivity contribution < 1.29 is 9.59 Å². The number of hydrogen-bond acceptors (Lipinski definition) is 3. The van der Waals surface area contributed by atoms with Gasteiger partial charge in [-0.2, -0.15) is 0 Å². The Morgan fingerprint density at radius 3 is 2.13 bits per heavy atom. The Labute approximate surface area is 89.0 Å². The van der Waals surface area contributed by atoms with Gasteiger partial charge in [0, 0.05) is 24.9 Å². The fraction of sp³-hybridized carbons (Fsp3) is 0.800. The first-order valence-corrected chi connectivity index (χ1v) is 5.51. The van der Waals surface area contributed by atoms with E-state index in [1.165, 1.54) is 0 Å². The quantitative estimate of drug-likeness (QED) is 0.371. The lowest BCUT2D eigenvalue weighted by atomic mass is 9.96. The molecule has 84 valence electrons. The number of rotatable bonds is 2. The molecule has 2 fully saturated rings. The molecule has 0 unspecified atom stereocenters. The standard InChI is InChI=1S/C10H17N3O2/c11-12-9(14)7-3-5-13(6-4-7)10(15)8-1-2-8/h7-8H,1-6,11H2,(H,12,14). The smallest absolute Gasteiger partial charge is 0.237 e. The highest BCUT2D eigenvalue weighted by molar-refractivity contribution is 5.82. The first kappa shape index (κ1) is 10.4. The van der Waals surface area contributed by atoms with Crippen LogP contribution in [0.2, 0.25) is 0 Å². The van der Waals surface area contributed by atoms with Gasteiger partial charge in [-0.3, -0.25) is 15.0 Å². The molecule has 0 atom stereocenters. The lowest BCUT2D eigenvalue weighted by Gasteiger charge is -2.31. The van der Waals surface area contributed by atoms with Gasteiger partial charge in [0.1, 0.15) is 0 Å². The second kappa shape index (κ2) is 4.18. The number of nitrogens with one attached hydrogen (secondary N) is 1. The molecule has 2 aliphatic rings. The van der Waals surface area contributed by atoms with Crippen LogP contribution in [0.1, 0.15) is 25.7 Å². The summed E-state index contributed by atoms with van der Waals surface area (Å²) in [6.45, 7) is 1.40. The van der Waals surface area contributed by atoms with Crippen molar-refractivity contribution in [2.24, 2.45) is 17.7 Å². The van der Waals surface area contributed by atoms with Gasteiger partial charge in [-0.1, -0.05) is 0 Å². The number of carbonyl (C=O) groups excluding carboxylic acids is 2. The van der Waals surface area contributed by atoms with Crippen molar-refractivity contribution in [1.29, 1.82) is 0 Å².